The minimum Gasteiger partial charge on any atom is -0.382 e. The van der Waals surface area contributed by atoms with E-state index in [4.69, 9.17) is 0 Å². The van der Waals surface area contributed by atoms with Gasteiger partial charge in [0, 0.05) is 37.4 Å². The van der Waals surface area contributed by atoms with E-state index in [9.17, 15) is 0 Å². The molecule has 1 heterocycles. The summed E-state index contributed by atoms with van der Waals surface area (Å²) < 4.78 is 0. The number of nitrogens with one attached hydrogen (secondary N) is 1. The molecule has 1 aliphatic carbocycles. The van der Waals surface area contributed by atoms with Crippen LogP contribution in [0.3, 0.4) is 0 Å². The molecule has 100 valence electrons. The Morgan fingerprint density at radius 1 is 1.16 bits per heavy atom. The monoisotopic (exact) mass is 255 g/mol. The van der Waals surface area contributed by atoms with Crippen molar-refractivity contribution in [2.75, 3.05) is 24.3 Å². The molecule has 1 aromatic carbocycles. The van der Waals surface area contributed by atoms with Crippen molar-refractivity contribution in [2.45, 2.75) is 31.7 Å². The summed E-state index contributed by atoms with van der Waals surface area (Å²) in [7, 11) is 4.07. The lowest BCUT2D eigenvalue weighted by molar-refractivity contribution is 0.756. The Morgan fingerprint density at radius 2 is 1.95 bits per heavy atom. The quantitative estimate of drug-likeness (QED) is 0.907. The number of hydrogen-bond acceptors (Lipinski definition) is 3. The van der Waals surface area contributed by atoms with Gasteiger partial charge in [-0.3, -0.25) is 0 Å². The summed E-state index contributed by atoms with van der Waals surface area (Å²) in [5.74, 6) is 1.03. The maximum Gasteiger partial charge on any atom is 0.135 e. The van der Waals surface area contributed by atoms with E-state index in [2.05, 4.69) is 39.5 Å². The first-order chi connectivity index (χ1) is 9.24. The molecule has 1 aromatic heterocycles. The van der Waals surface area contributed by atoms with Gasteiger partial charge >= 0.3 is 0 Å². The normalized spacial score (nSPS) is 15.9. The van der Waals surface area contributed by atoms with E-state index in [1.165, 1.54) is 42.1 Å². The fourth-order valence-electron chi connectivity index (χ4n) is 2.91. The maximum absolute atomic E-state index is 4.44. The van der Waals surface area contributed by atoms with Crippen molar-refractivity contribution in [3.63, 3.8) is 0 Å². The highest BCUT2D eigenvalue weighted by molar-refractivity contribution is 5.94. The lowest BCUT2D eigenvalue weighted by Crippen LogP contribution is -2.14. The molecule has 3 nitrogen and oxygen atoms in total. The molecule has 0 spiro atoms. The molecule has 1 N–H and O–H groups in total. The van der Waals surface area contributed by atoms with E-state index in [0.717, 1.165) is 5.82 Å². The third-order valence-corrected chi connectivity index (χ3v) is 3.89. The van der Waals surface area contributed by atoms with Gasteiger partial charge < -0.3 is 10.2 Å². The second-order valence-electron chi connectivity index (χ2n) is 5.59. The summed E-state index contributed by atoms with van der Waals surface area (Å²) in [6, 6.07) is 9.34. The molecule has 3 rings (SSSR count). The molecule has 1 saturated carbocycles. The molecule has 0 saturated heterocycles. The number of fused-ring (bicyclic) bond motifs is 1. The molecule has 0 radical (unpaired) electrons. The number of pyridine rings is 1. The molecule has 1 fully saturated rings. The van der Waals surface area contributed by atoms with Crippen LogP contribution in [0.1, 0.15) is 25.7 Å². The SMILES string of the molecule is CN(C)c1nccc2cc(NC3CCCC3)ccc12. The Kier molecular flexibility index (Phi) is 3.28. The van der Waals surface area contributed by atoms with E-state index in [1.54, 1.807) is 0 Å². The van der Waals surface area contributed by atoms with Gasteiger partial charge in [0.05, 0.1) is 0 Å². The van der Waals surface area contributed by atoms with Gasteiger partial charge in [0.25, 0.3) is 0 Å². The molecular formula is C16H21N3. The lowest BCUT2D eigenvalue weighted by atomic mass is 10.1. The number of aromatic nitrogens is 1. The highest BCUT2D eigenvalue weighted by Gasteiger charge is 2.14. The van der Waals surface area contributed by atoms with Crippen molar-refractivity contribution in [2.24, 2.45) is 0 Å². The van der Waals surface area contributed by atoms with Gasteiger partial charge in [0.2, 0.25) is 0 Å². The van der Waals surface area contributed by atoms with E-state index in [-0.39, 0.29) is 0 Å². The first kappa shape index (κ1) is 12.3. The predicted octanol–water partition coefficient (Wildman–Crippen LogP) is 3.66. The van der Waals surface area contributed by atoms with Crippen LogP contribution in [0.2, 0.25) is 0 Å². The largest absolute Gasteiger partial charge is 0.382 e. The van der Waals surface area contributed by atoms with E-state index in [0.29, 0.717) is 6.04 Å². The van der Waals surface area contributed by atoms with Crippen molar-refractivity contribution < 1.29 is 0 Å². The molecule has 3 heteroatoms. The molecule has 0 bridgehead atoms. The van der Waals surface area contributed by atoms with Crippen molar-refractivity contribution >= 4 is 22.3 Å². The zero-order chi connectivity index (χ0) is 13.2. The zero-order valence-corrected chi connectivity index (χ0v) is 11.7. The number of benzene rings is 1. The predicted molar refractivity (Wildman–Crippen MR) is 81.9 cm³/mol. The van der Waals surface area contributed by atoms with Crippen LogP contribution in [0.5, 0.6) is 0 Å². The van der Waals surface area contributed by atoms with Gasteiger partial charge in [-0.25, -0.2) is 4.98 Å². The van der Waals surface area contributed by atoms with Gasteiger partial charge in [-0.2, -0.15) is 0 Å². The maximum atomic E-state index is 4.44. The number of nitrogens with zero attached hydrogens (tertiary/aromatic N) is 2. The van der Waals surface area contributed by atoms with Crippen LogP contribution in [0.25, 0.3) is 10.8 Å². The molecule has 0 unspecified atom stereocenters. The number of anilines is 2. The van der Waals surface area contributed by atoms with Crippen molar-refractivity contribution in [1.82, 2.24) is 4.98 Å². The highest BCUT2D eigenvalue weighted by Crippen LogP contribution is 2.28. The summed E-state index contributed by atoms with van der Waals surface area (Å²) in [6.07, 6.45) is 7.21. The van der Waals surface area contributed by atoms with Gasteiger partial charge in [-0.05, 0) is 42.5 Å². The second-order valence-corrected chi connectivity index (χ2v) is 5.59. The number of hydrogen-bond donors (Lipinski definition) is 1. The minimum absolute atomic E-state index is 0.660. The van der Waals surface area contributed by atoms with Crippen molar-refractivity contribution in [3.8, 4) is 0 Å². The molecule has 1 aliphatic rings. The molecule has 19 heavy (non-hydrogen) atoms. The van der Waals surface area contributed by atoms with Crippen LogP contribution in [0.15, 0.2) is 30.5 Å². The highest BCUT2D eigenvalue weighted by atomic mass is 15.1. The Morgan fingerprint density at radius 3 is 2.68 bits per heavy atom. The third kappa shape index (κ3) is 2.50. The average molecular weight is 255 g/mol. The fourth-order valence-corrected chi connectivity index (χ4v) is 2.91. The summed E-state index contributed by atoms with van der Waals surface area (Å²) in [5.41, 5.74) is 1.23. The van der Waals surface area contributed by atoms with Gasteiger partial charge in [0.1, 0.15) is 5.82 Å². The summed E-state index contributed by atoms with van der Waals surface area (Å²) in [5, 5.41) is 6.11. The average Bonchev–Trinajstić information content (AvgIpc) is 2.90. The Hall–Kier alpha value is -1.77. The van der Waals surface area contributed by atoms with E-state index in [1.807, 2.05) is 20.3 Å². The van der Waals surface area contributed by atoms with Crippen LogP contribution in [-0.2, 0) is 0 Å². The second kappa shape index (κ2) is 5.08. The van der Waals surface area contributed by atoms with Crippen LogP contribution in [0.4, 0.5) is 11.5 Å². The Balaban J connectivity index is 1.92. The Labute approximate surface area is 114 Å². The van der Waals surface area contributed by atoms with Crippen molar-refractivity contribution in [1.29, 1.82) is 0 Å². The molecule has 0 aliphatic heterocycles. The van der Waals surface area contributed by atoms with E-state index >= 15 is 0 Å². The van der Waals surface area contributed by atoms with E-state index < -0.39 is 0 Å². The van der Waals surface area contributed by atoms with Crippen LogP contribution in [-0.4, -0.2) is 25.1 Å². The van der Waals surface area contributed by atoms with Crippen molar-refractivity contribution in [3.05, 3.63) is 30.5 Å². The number of rotatable bonds is 3. The van der Waals surface area contributed by atoms with Crippen LogP contribution < -0.4 is 10.2 Å². The van der Waals surface area contributed by atoms with Crippen LogP contribution in [0, 0.1) is 0 Å². The van der Waals surface area contributed by atoms with Gasteiger partial charge in [-0.1, -0.05) is 12.8 Å². The molecule has 0 amide bonds. The zero-order valence-electron chi connectivity index (χ0n) is 11.7. The standard InChI is InChI=1S/C16H21N3/c1-19(2)16-15-8-7-14(11-12(15)9-10-17-16)18-13-5-3-4-6-13/h7-11,13,18H,3-6H2,1-2H3. The van der Waals surface area contributed by atoms with Gasteiger partial charge in [-0.15, -0.1) is 0 Å². The Bertz CT molecular complexity index is 571. The third-order valence-electron chi connectivity index (χ3n) is 3.89. The first-order valence-corrected chi connectivity index (χ1v) is 7.07. The lowest BCUT2D eigenvalue weighted by Gasteiger charge is -2.16. The molecule has 2 aromatic rings. The minimum atomic E-state index is 0.660. The smallest absolute Gasteiger partial charge is 0.135 e. The first-order valence-electron chi connectivity index (χ1n) is 7.07. The van der Waals surface area contributed by atoms with Crippen LogP contribution >= 0.6 is 0 Å². The fraction of sp³-hybridized carbons (Fsp3) is 0.438. The summed E-state index contributed by atoms with van der Waals surface area (Å²) >= 11 is 0. The summed E-state index contributed by atoms with van der Waals surface area (Å²) in [6.45, 7) is 0. The van der Waals surface area contributed by atoms with Gasteiger partial charge in [0.15, 0.2) is 0 Å². The topological polar surface area (TPSA) is 28.2 Å². The molecular weight excluding hydrogens is 234 g/mol. The molecule has 0 atom stereocenters. The summed E-state index contributed by atoms with van der Waals surface area (Å²) in [4.78, 5) is 6.51.